The highest BCUT2D eigenvalue weighted by Gasteiger charge is 2.22. The molecule has 1 aromatic carbocycles. The fraction of sp³-hybridized carbons (Fsp3) is 0.417. The largest absolute Gasteiger partial charge is 0.491 e. The smallest absolute Gasteiger partial charge is 0.242 e. The summed E-state index contributed by atoms with van der Waals surface area (Å²) in [5.74, 6) is 2.09. The van der Waals surface area contributed by atoms with Gasteiger partial charge in [-0.2, -0.15) is 0 Å². The molecule has 1 fully saturated rings. The van der Waals surface area contributed by atoms with E-state index >= 15 is 0 Å². The maximum Gasteiger partial charge on any atom is 0.242 e. The zero-order chi connectivity index (χ0) is 12.8. The number of benzene rings is 1. The normalized spacial score (nSPS) is 18.6. The summed E-state index contributed by atoms with van der Waals surface area (Å²) in [5, 5.41) is 5.91. The molecule has 18 heavy (non-hydrogen) atoms. The summed E-state index contributed by atoms with van der Waals surface area (Å²) in [6.45, 7) is -0.502. The Balaban J connectivity index is 1.93. The first-order chi connectivity index (χ1) is 8.79. The standard InChI is InChI=1S/C12H15FN2O2S/c13-4-5-17-10-3-1-2-9(6-10)15-12(16)11-7-18-8-14-11/h1-3,6,11,14H,4-5,7-8H2,(H,15,16). The first-order valence-corrected chi connectivity index (χ1v) is 6.86. The molecule has 1 aliphatic heterocycles. The van der Waals surface area contributed by atoms with E-state index < -0.39 is 6.67 Å². The number of alkyl halides is 1. The lowest BCUT2D eigenvalue weighted by molar-refractivity contribution is -0.117. The quantitative estimate of drug-likeness (QED) is 0.854. The summed E-state index contributed by atoms with van der Waals surface area (Å²) >= 11 is 1.70. The number of hydrogen-bond donors (Lipinski definition) is 2. The van der Waals surface area contributed by atoms with E-state index in [1.165, 1.54) is 0 Å². The molecule has 2 rings (SSSR count). The van der Waals surface area contributed by atoms with Gasteiger partial charge in [-0.25, -0.2) is 4.39 Å². The van der Waals surface area contributed by atoms with Crippen LogP contribution in [0.5, 0.6) is 5.75 Å². The van der Waals surface area contributed by atoms with Crippen molar-refractivity contribution in [3.63, 3.8) is 0 Å². The van der Waals surface area contributed by atoms with E-state index in [1.807, 2.05) is 0 Å². The monoisotopic (exact) mass is 270 g/mol. The zero-order valence-electron chi connectivity index (χ0n) is 9.82. The van der Waals surface area contributed by atoms with Crippen molar-refractivity contribution in [1.82, 2.24) is 5.32 Å². The van der Waals surface area contributed by atoms with E-state index in [2.05, 4.69) is 10.6 Å². The second-order valence-electron chi connectivity index (χ2n) is 3.83. The molecule has 0 bridgehead atoms. The second-order valence-corrected chi connectivity index (χ2v) is 4.86. The van der Waals surface area contributed by atoms with Crippen LogP contribution in [0.3, 0.4) is 0 Å². The van der Waals surface area contributed by atoms with E-state index in [9.17, 15) is 9.18 Å². The highest BCUT2D eigenvalue weighted by atomic mass is 32.2. The van der Waals surface area contributed by atoms with Gasteiger partial charge in [0.05, 0.1) is 6.04 Å². The van der Waals surface area contributed by atoms with Crippen LogP contribution in [0.15, 0.2) is 24.3 Å². The fourth-order valence-corrected chi connectivity index (χ4v) is 2.55. The van der Waals surface area contributed by atoms with E-state index in [1.54, 1.807) is 36.0 Å². The molecule has 0 saturated carbocycles. The average Bonchev–Trinajstić information content (AvgIpc) is 2.91. The topological polar surface area (TPSA) is 50.4 Å². The molecule has 6 heteroatoms. The Kier molecular flexibility index (Phi) is 4.83. The van der Waals surface area contributed by atoms with Crippen LogP contribution >= 0.6 is 11.8 Å². The van der Waals surface area contributed by atoms with Crippen LogP contribution in [-0.4, -0.2) is 36.9 Å². The van der Waals surface area contributed by atoms with E-state index in [0.717, 1.165) is 11.6 Å². The SMILES string of the molecule is O=C(Nc1cccc(OCCF)c1)C1CSCN1. The number of carbonyl (C=O) groups is 1. The summed E-state index contributed by atoms with van der Waals surface area (Å²) in [5.41, 5.74) is 0.662. The lowest BCUT2D eigenvalue weighted by Crippen LogP contribution is -2.37. The number of amides is 1. The van der Waals surface area contributed by atoms with Gasteiger partial charge in [-0.1, -0.05) is 6.07 Å². The van der Waals surface area contributed by atoms with E-state index in [4.69, 9.17) is 4.74 Å². The van der Waals surface area contributed by atoms with Crippen molar-refractivity contribution in [2.45, 2.75) is 6.04 Å². The highest BCUT2D eigenvalue weighted by molar-refractivity contribution is 7.99. The average molecular weight is 270 g/mol. The molecule has 4 nitrogen and oxygen atoms in total. The maximum absolute atomic E-state index is 12.0. The summed E-state index contributed by atoms with van der Waals surface area (Å²) in [6.07, 6.45) is 0. The lowest BCUT2D eigenvalue weighted by Gasteiger charge is -2.11. The van der Waals surface area contributed by atoms with Crippen LogP contribution < -0.4 is 15.4 Å². The molecule has 0 spiro atoms. The van der Waals surface area contributed by atoms with Gasteiger partial charge in [0.15, 0.2) is 0 Å². The van der Waals surface area contributed by atoms with Gasteiger partial charge in [-0.15, -0.1) is 11.8 Å². The van der Waals surface area contributed by atoms with Crippen LogP contribution in [-0.2, 0) is 4.79 Å². The second kappa shape index (κ2) is 6.61. The van der Waals surface area contributed by atoms with Crippen LogP contribution in [0.1, 0.15) is 0 Å². The minimum atomic E-state index is -0.528. The molecule has 0 aliphatic carbocycles. The molecule has 1 unspecified atom stereocenters. The maximum atomic E-state index is 12.0. The molecular weight excluding hydrogens is 255 g/mol. The van der Waals surface area contributed by atoms with Gasteiger partial charge in [0.1, 0.15) is 19.0 Å². The summed E-state index contributed by atoms with van der Waals surface area (Å²) in [6, 6.07) is 6.82. The van der Waals surface area contributed by atoms with Crippen LogP contribution in [0.4, 0.5) is 10.1 Å². The Hall–Kier alpha value is -1.27. The Morgan fingerprint density at radius 3 is 3.22 bits per heavy atom. The number of thioether (sulfide) groups is 1. The lowest BCUT2D eigenvalue weighted by atomic mass is 10.2. The molecule has 1 saturated heterocycles. The van der Waals surface area contributed by atoms with Crippen LogP contribution in [0.2, 0.25) is 0 Å². The Morgan fingerprint density at radius 2 is 2.50 bits per heavy atom. The molecule has 0 radical (unpaired) electrons. The number of halogens is 1. The Labute approximate surface area is 109 Å². The number of anilines is 1. The van der Waals surface area contributed by atoms with E-state index in [0.29, 0.717) is 11.4 Å². The fourth-order valence-electron chi connectivity index (χ4n) is 1.61. The third-order valence-corrected chi connectivity index (χ3v) is 3.42. The van der Waals surface area contributed by atoms with Crippen LogP contribution in [0.25, 0.3) is 0 Å². The van der Waals surface area contributed by atoms with Gasteiger partial charge in [-0.3, -0.25) is 10.1 Å². The summed E-state index contributed by atoms with van der Waals surface area (Å²) < 4.78 is 17.1. The first kappa shape index (κ1) is 13.2. The van der Waals surface area contributed by atoms with Crippen molar-refractivity contribution in [1.29, 1.82) is 0 Å². The Morgan fingerprint density at radius 1 is 1.61 bits per heavy atom. The van der Waals surface area contributed by atoms with Gasteiger partial charge < -0.3 is 10.1 Å². The molecule has 1 amide bonds. The number of hydrogen-bond acceptors (Lipinski definition) is 4. The van der Waals surface area contributed by atoms with Gasteiger partial charge >= 0.3 is 0 Å². The molecule has 0 aromatic heterocycles. The van der Waals surface area contributed by atoms with Gasteiger partial charge in [0.25, 0.3) is 0 Å². The Bertz CT molecular complexity index is 411. The van der Waals surface area contributed by atoms with Crippen molar-refractivity contribution in [2.24, 2.45) is 0 Å². The van der Waals surface area contributed by atoms with Crippen molar-refractivity contribution in [2.75, 3.05) is 30.2 Å². The third-order valence-electron chi connectivity index (χ3n) is 2.48. The first-order valence-electron chi connectivity index (χ1n) is 5.70. The molecule has 1 atom stereocenters. The van der Waals surface area contributed by atoms with E-state index in [-0.39, 0.29) is 18.6 Å². The highest BCUT2D eigenvalue weighted by Crippen LogP contribution is 2.18. The minimum Gasteiger partial charge on any atom is -0.491 e. The number of rotatable bonds is 5. The number of carbonyl (C=O) groups excluding carboxylic acids is 1. The van der Waals surface area contributed by atoms with Gasteiger partial charge in [0.2, 0.25) is 5.91 Å². The molecule has 1 aliphatic rings. The molecule has 1 aromatic rings. The van der Waals surface area contributed by atoms with Gasteiger partial charge in [0, 0.05) is 23.4 Å². The molecule has 2 N–H and O–H groups in total. The van der Waals surface area contributed by atoms with Crippen molar-refractivity contribution in [3.8, 4) is 5.75 Å². The van der Waals surface area contributed by atoms with Gasteiger partial charge in [-0.05, 0) is 12.1 Å². The summed E-state index contributed by atoms with van der Waals surface area (Å²) in [7, 11) is 0. The third kappa shape index (κ3) is 3.61. The number of ether oxygens (including phenoxy) is 1. The summed E-state index contributed by atoms with van der Waals surface area (Å²) in [4.78, 5) is 11.9. The zero-order valence-corrected chi connectivity index (χ0v) is 10.6. The minimum absolute atomic E-state index is 0.0260. The van der Waals surface area contributed by atoms with Crippen molar-refractivity contribution < 1.29 is 13.9 Å². The molecular formula is C12H15FN2O2S. The molecule has 1 heterocycles. The number of nitrogens with one attached hydrogen (secondary N) is 2. The van der Waals surface area contributed by atoms with Crippen molar-refractivity contribution in [3.05, 3.63) is 24.3 Å². The predicted molar refractivity (Wildman–Crippen MR) is 70.8 cm³/mol. The van der Waals surface area contributed by atoms with Crippen LogP contribution in [0, 0.1) is 0 Å². The van der Waals surface area contributed by atoms with Crippen molar-refractivity contribution >= 4 is 23.4 Å². The predicted octanol–water partition coefficient (Wildman–Crippen LogP) is 1.64. The molecule has 98 valence electrons.